The number of Topliss-reactive ketones (excluding diaryl/α,β-unsaturated/α-hetero) is 1. The van der Waals surface area contributed by atoms with Crippen LogP contribution in [0.4, 0.5) is 0 Å². The highest BCUT2D eigenvalue weighted by molar-refractivity contribution is 7.99. The Morgan fingerprint density at radius 2 is 1.95 bits per heavy atom. The van der Waals surface area contributed by atoms with E-state index in [0.717, 1.165) is 0 Å². The lowest BCUT2D eigenvalue weighted by Crippen LogP contribution is -2.11. The lowest BCUT2D eigenvalue weighted by molar-refractivity contribution is 0.102. The van der Waals surface area contributed by atoms with Crippen molar-refractivity contribution < 1.29 is 9.21 Å². The Bertz CT molecular complexity index is 561. The maximum Gasteiger partial charge on any atom is 0.277 e. The Morgan fingerprint density at radius 3 is 2.53 bits per heavy atom. The Hall–Kier alpha value is -1.69. The van der Waals surface area contributed by atoms with Crippen molar-refractivity contribution in [3.8, 4) is 0 Å². The van der Waals surface area contributed by atoms with Gasteiger partial charge in [0.2, 0.25) is 5.89 Å². The highest BCUT2D eigenvalue weighted by Gasteiger charge is 2.21. The predicted molar refractivity (Wildman–Crippen MR) is 72.3 cm³/mol. The Labute approximate surface area is 115 Å². The van der Waals surface area contributed by atoms with Crippen molar-refractivity contribution in [3.63, 3.8) is 0 Å². The van der Waals surface area contributed by atoms with Crippen LogP contribution in [0.3, 0.4) is 0 Å². The highest BCUT2D eigenvalue weighted by atomic mass is 32.2. The molecule has 0 fully saturated rings. The lowest BCUT2D eigenvalue weighted by atomic mass is 9.97. The number of hydrogen-bond donors (Lipinski definition) is 0. The van der Waals surface area contributed by atoms with Crippen molar-refractivity contribution in [1.29, 1.82) is 0 Å². The van der Waals surface area contributed by atoms with Crippen LogP contribution >= 0.6 is 11.8 Å². The molecule has 0 bridgehead atoms. The summed E-state index contributed by atoms with van der Waals surface area (Å²) in [5.41, 5.74) is 0.457. The maximum absolute atomic E-state index is 11.9. The molecule has 100 valence electrons. The van der Waals surface area contributed by atoms with Crippen molar-refractivity contribution in [2.75, 3.05) is 5.75 Å². The molecule has 2 aromatic rings. The lowest BCUT2D eigenvalue weighted by Gasteiger charge is -2.10. The largest absolute Gasteiger partial charge is 0.415 e. The summed E-state index contributed by atoms with van der Waals surface area (Å²) in [4.78, 5) is 15.8. The molecule has 0 aliphatic carbocycles. The minimum Gasteiger partial charge on any atom is -0.415 e. The second kappa shape index (κ2) is 5.52. The zero-order chi connectivity index (χ0) is 13.9. The maximum atomic E-state index is 11.9. The summed E-state index contributed by atoms with van der Waals surface area (Å²) in [6, 6.07) is 3.38. The number of carbonyl (C=O) groups excluding carboxylic acids is 1. The molecule has 0 saturated carbocycles. The van der Waals surface area contributed by atoms with Gasteiger partial charge in [0.05, 0.1) is 5.75 Å². The van der Waals surface area contributed by atoms with Gasteiger partial charge >= 0.3 is 0 Å². The third-order valence-electron chi connectivity index (χ3n) is 2.38. The van der Waals surface area contributed by atoms with Gasteiger partial charge in [0.25, 0.3) is 5.22 Å². The first-order valence-corrected chi connectivity index (χ1v) is 6.85. The van der Waals surface area contributed by atoms with Gasteiger partial charge in [-0.05, 0) is 12.1 Å². The number of rotatable bonds is 4. The molecule has 0 amide bonds. The number of aromatic nitrogens is 3. The van der Waals surface area contributed by atoms with Crippen LogP contribution in [0.15, 0.2) is 34.2 Å². The van der Waals surface area contributed by atoms with E-state index in [1.807, 2.05) is 20.8 Å². The first kappa shape index (κ1) is 13.7. The number of ketones is 1. The smallest absolute Gasteiger partial charge is 0.277 e. The summed E-state index contributed by atoms with van der Waals surface area (Å²) in [5, 5.41) is 8.33. The van der Waals surface area contributed by atoms with Gasteiger partial charge in [-0.15, -0.1) is 10.2 Å². The minimum absolute atomic E-state index is 0.0166. The third kappa shape index (κ3) is 3.64. The number of thioether (sulfide) groups is 1. The molecule has 0 radical (unpaired) electrons. The Kier molecular flexibility index (Phi) is 3.99. The van der Waals surface area contributed by atoms with Gasteiger partial charge < -0.3 is 4.42 Å². The van der Waals surface area contributed by atoms with Crippen molar-refractivity contribution in [2.24, 2.45) is 0 Å². The van der Waals surface area contributed by atoms with E-state index in [9.17, 15) is 4.79 Å². The van der Waals surface area contributed by atoms with Gasteiger partial charge in [-0.25, -0.2) is 0 Å². The standard InChI is InChI=1S/C13H15N3O2S/c1-13(2,3)11-15-16-12(18-11)19-8-10(17)9-4-6-14-7-5-9/h4-7H,8H2,1-3H3. The van der Waals surface area contributed by atoms with E-state index < -0.39 is 0 Å². The van der Waals surface area contributed by atoms with Crippen LogP contribution < -0.4 is 0 Å². The first-order chi connectivity index (χ1) is 8.97. The number of nitrogens with zero attached hydrogens (tertiary/aromatic N) is 3. The van der Waals surface area contributed by atoms with E-state index in [4.69, 9.17) is 4.42 Å². The fraction of sp³-hybridized carbons (Fsp3) is 0.385. The van der Waals surface area contributed by atoms with Crippen LogP contribution in [-0.4, -0.2) is 26.7 Å². The van der Waals surface area contributed by atoms with Crippen molar-refractivity contribution in [2.45, 2.75) is 31.4 Å². The Morgan fingerprint density at radius 1 is 1.26 bits per heavy atom. The average molecular weight is 277 g/mol. The van der Waals surface area contributed by atoms with Crippen molar-refractivity contribution in [1.82, 2.24) is 15.2 Å². The number of hydrogen-bond acceptors (Lipinski definition) is 6. The van der Waals surface area contributed by atoms with Crippen LogP contribution in [0.25, 0.3) is 0 Å². The molecule has 0 N–H and O–H groups in total. The summed E-state index contributed by atoms with van der Waals surface area (Å²) in [5.74, 6) is 0.866. The fourth-order valence-corrected chi connectivity index (χ4v) is 1.98. The topological polar surface area (TPSA) is 68.9 Å². The SMILES string of the molecule is CC(C)(C)c1nnc(SCC(=O)c2ccncc2)o1. The molecular weight excluding hydrogens is 262 g/mol. The first-order valence-electron chi connectivity index (χ1n) is 5.87. The summed E-state index contributed by atoms with van der Waals surface area (Å²) in [6.07, 6.45) is 3.20. The molecule has 2 aromatic heterocycles. The summed E-state index contributed by atoms with van der Waals surface area (Å²) in [7, 11) is 0. The zero-order valence-corrected chi connectivity index (χ0v) is 11.9. The monoisotopic (exact) mass is 277 g/mol. The fourth-order valence-electron chi connectivity index (χ4n) is 1.32. The van der Waals surface area contributed by atoms with Gasteiger partial charge in [0, 0.05) is 23.4 Å². The van der Waals surface area contributed by atoms with Crippen LogP contribution in [0.1, 0.15) is 37.0 Å². The highest BCUT2D eigenvalue weighted by Crippen LogP contribution is 2.24. The molecule has 0 aliphatic rings. The van der Waals surface area contributed by atoms with E-state index in [1.54, 1.807) is 24.5 Å². The quantitative estimate of drug-likeness (QED) is 0.632. The molecule has 0 unspecified atom stereocenters. The van der Waals surface area contributed by atoms with Crippen LogP contribution in [0.5, 0.6) is 0 Å². The van der Waals surface area contributed by atoms with Crippen LogP contribution in [0, 0.1) is 0 Å². The number of carbonyl (C=O) groups is 1. The van der Waals surface area contributed by atoms with E-state index in [1.165, 1.54) is 11.8 Å². The minimum atomic E-state index is -0.180. The van der Waals surface area contributed by atoms with E-state index in [-0.39, 0.29) is 17.0 Å². The average Bonchev–Trinajstić information content (AvgIpc) is 2.86. The molecule has 2 heterocycles. The van der Waals surface area contributed by atoms with Gasteiger partial charge in [-0.1, -0.05) is 32.5 Å². The predicted octanol–water partition coefficient (Wildman–Crippen LogP) is 2.74. The summed E-state index contributed by atoms with van der Waals surface area (Å²) >= 11 is 1.25. The van der Waals surface area contributed by atoms with Gasteiger partial charge in [0.1, 0.15) is 0 Å². The van der Waals surface area contributed by atoms with Crippen molar-refractivity contribution in [3.05, 3.63) is 36.0 Å². The van der Waals surface area contributed by atoms with E-state index in [0.29, 0.717) is 16.7 Å². The summed E-state index contributed by atoms with van der Waals surface area (Å²) in [6.45, 7) is 5.99. The van der Waals surface area contributed by atoms with Crippen LogP contribution in [0.2, 0.25) is 0 Å². The molecule has 0 aliphatic heterocycles. The molecule has 0 spiro atoms. The molecule has 0 saturated heterocycles. The second-order valence-corrected chi connectivity index (χ2v) is 6.00. The third-order valence-corrected chi connectivity index (χ3v) is 3.20. The molecular formula is C13H15N3O2S. The molecule has 19 heavy (non-hydrogen) atoms. The molecule has 0 atom stereocenters. The van der Waals surface area contributed by atoms with Gasteiger partial charge in [-0.3, -0.25) is 9.78 Å². The van der Waals surface area contributed by atoms with Gasteiger partial charge in [-0.2, -0.15) is 0 Å². The molecule has 6 heteroatoms. The zero-order valence-electron chi connectivity index (χ0n) is 11.1. The normalized spacial score (nSPS) is 11.5. The van der Waals surface area contributed by atoms with E-state index in [2.05, 4.69) is 15.2 Å². The van der Waals surface area contributed by atoms with Crippen molar-refractivity contribution >= 4 is 17.5 Å². The second-order valence-electron chi connectivity index (χ2n) is 5.07. The summed E-state index contributed by atoms with van der Waals surface area (Å²) < 4.78 is 5.51. The molecule has 5 nitrogen and oxygen atoms in total. The molecule has 0 aromatic carbocycles. The Balaban J connectivity index is 1.96. The van der Waals surface area contributed by atoms with E-state index >= 15 is 0 Å². The van der Waals surface area contributed by atoms with Gasteiger partial charge in [0.15, 0.2) is 5.78 Å². The van der Waals surface area contributed by atoms with Crippen LogP contribution in [-0.2, 0) is 5.41 Å². The number of pyridine rings is 1. The molecule has 2 rings (SSSR count).